The van der Waals surface area contributed by atoms with Crippen molar-refractivity contribution >= 4 is 5.69 Å². The van der Waals surface area contributed by atoms with Gasteiger partial charge in [-0.15, -0.1) is 0 Å². The van der Waals surface area contributed by atoms with E-state index >= 15 is 0 Å². The molecule has 0 aromatic heterocycles. The Morgan fingerprint density at radius 2 is 2.43 bits per heavy atom. The van der Waals surface area contributed by atoms with Gasteiger partial charge in [0.05, 0.1) is 11.7 Å². The second-order valence-corrected chi connectivity index (χ2v) is 3.42. The number of hydrogen-bond acceptors (Lipinski definition) is 3. The van der Waals surface area contributed by atoms with E-state index in [2.05, 4.69) is 0 Å². The fourth-order valence-corrected chi connectivity index (χ4v) is 1.62. The molecule has 1 atom stereocenters. The number of ether oxygens (including phenoxy) is 1. The van der Waals surface area contributed by atoms with Crippen LogP contribution >= 0.6 is 0 Å². The van der Waals surface area contributed by atoms with E-state index in [1.165, 1.54) is 12.1 Å². The number of nitrogens with zero attached hydrogens (tertiary/aromatic N) is 1. The third kappa shape index (κ3) is 1.42. The Labute approximate surface area is 82.3 Å². The van der Waals surface area contributed by atoms with Gasteiger partial charge in [0.1, 0.15) is 18.2 Å². The van der Waals surface area contributed by atoms with E-state index < -0.39 is 0 Å². The molecule has 1 heterocycles. The van der Waals surface area contributed by atoms with E-state index in [0.717, 1.165) is 5.69 Å². The molecular weight excluding hydrogens is 183 g/mol. The van der Waals surface area contributed by atoms with Crippen molar-refractivity contribution in [2.45, 2.75) is 6.04 Å². The molecule has 0 bridgehead atoms. The minimum Gasteiger partial charge on any atom is -0.489 e. The summed E-state index contributed by atoms with van der Waals surface area (Å²) >= 11 is 0. The van der Waals surface area contributed by atoms with Crippen LogP contribution in [0.4, 0.5) is 10.1 Å². The second-order valence-electron chi connectivity index (χ2n) is 3.42. The van der Waals surface area contributed by atoms with Crippen LogP contribution in [0.5, 0.6) is 5.75 Å². The molecule has 0 spiro atoms. The lowest BCUT2D eigenvalue weighted by atomic mass is 10.1. The van der Waals surface area contributed by atoms with Crippen molar-refractivity contribution in [1.29, 1.82) is 0 Å². The Bertz CT molecular complexity index is 343. The van der Waals surface area contributed by atoms with Gasteiger partial charge in [0.2, 0.25) is 0 Å². The molecule has 0 saturated carbocycles. The standard InChI is InChI=1S/C10H13FN2O/c1-13-8(5-12)6-14-10-4-7(11)2-3-9(10)13/h2-4,8H,5-6,12H2,1H3. The fourth-order valence-electron chi connectivity index (χ4n) is 1.62. The van der Waals surface area contributed by atoms with Crippen LogP contribution in [0.1, 0.15) is 0 Å². The summed E-state index contributed by atoms with van der Waals surface area (Å²) in [7, 11) is 1.94. The Hall–Kier alpha value is -1.29. The lowest BCUT2D eigenvalue weighted by molar-refractivity contribution is 0.268. The smallest absolute Gasteiger partial charge is 0.145 e. The van der Waals surface area contributed by atoms with Crippen molar-refractivity contribution in [3.8, 4) is 5.75 Å². The maximum atomic E-state index is 12.9. The Morgan fingerprint density at radius 1 is 1.64 bits per heavy atom. The van der Waals surface area contributed by atoms with Gasteiger partial charge in [-0.05, 0) is 12.1 Å². The van der Waals surface area contributed by atoms with Crippen molar-refractivity contribution in [2.24, 2.45) is 5.73 Å². The van der Waals surface area contributed by atoms with Gasteiger partial charge in [0, 0.05) is 19.7 Å². The highest BCUT2D eigenvalue weighted by atomic mass is 19.1. The molecule has 1 unspecified atom stereocenters. The van der Waals surface area contributed by atoms with Gasteiger partial charge < -0.3 is 15.4 Å². The molecule has 0 aliphatic carbocycles. The van der Waals surface area contributed by atoms with Crippen molar-refractivity contribution < 1.29 is 9.13 Å². The highest BCUT2D eigenvalue weighted by Gasteiger charge is 2.23. The first kappa shape index (κ1) is 9.27. The van der Waals surface area contributed by atoms with Gasteiger partial charge in [0.15, 0.2) is 0 Å². The molecule has 1 aromatic rings. The van der Waals surface area contributed by atoms with Crippen LogP contribution in [0.3, 0.4) is 0 Å². The number of rotatable bonds is 1. The first-order valence-corrected chi connectivity index (χ1v) is 4.57. The predicted molar refractivity (Wildman–Crippen MR) is 53.1 cm³/mol. The lowest BCUT2D eigenvalue weighted by Crippen LogP contribution is -2.45. The highest BCUT2D eigenvalue weighted by Crippen LogP contribution is 2.32. The van der Waals surface area contributed by atoms with Crippen LogP contribution in [0, 0.1) is 5.82 Å². The molecule has 2 rings (SSSR count). The molecule has 1 aliphatic heterocycles. The lowest BCUT2D eigenvalue weighted by Gasteiger charge is -2.35. The number of benzene rings is 1. The van der Waals surface area contributed by atoms with E-state index in [0.29, 0.717) is 18.9 Å². The molecule has 0 amide bonds. The molecule has 1 aromatic carbocycles. The second kappa shape index (κ2) is 3.46. The van der Waals surface area contributed by atoms with E-state index in [1.807, 2.05) is 11.9 Å². The summed E-state index contributed by atoms with van der Waals surface area (Å²) in [6, 6.07) is 4.72. The van der Waals surface area contributed by atoms with Gasteiger partial charge >= 0.3 is 0 Å². The molecule has 0 saturated heterocycles. The number of hydrogen-bond donors (Lipinski definition) is 1. The first-order chi connectivity index (χ1) is 6.72. The van der Waals surface area contributed by atoms with Gasteiger partial charge in [-0.25, -0.2) is 4.39 Å². The van der Waals surface area contributed by atoms with Crippen LogP contribution in [0.25, 0.3) is 0 Å². The predicted octanol–water partition coefficient (Wildman–Crippen LogP) is 0.982. The van der Waals surface area contributed by atoms with Gasteiger partial charge in [-0.2, -0.15) is 0 Å². The fraction of sp³-hybridized carbons (Fsp3) is 0.400. The summed E-state index contributed by atoms with van der Waals surface area (Å²) in [5.41, 5.74) is 6.48. The Morgan fingerprint density at radius 3 is 3.14 bits per heavy atom. The van der Waals surface area contributed by atoms with E-state index in [4.69, 9.17) is 10.5 Å². The summed E-state index contributed by atoms with van der Waals surface area (Å²) in [5.74, 6) is 0.320. The number of fused-ring (bicyclic) bond motifs is 1. The molecule has 2 N–H and O–H groups in total. The zero-order chi connectivity index (χ0) is 10.1. The summed E-state index contributed by atoms with van der Waals surface area (Å²) in [5, 5.41) is 0. The van der Waals surface area contributed by atoms with Crippen molar-refractivity contribution in [2.75, 3.05) is 25.1 Å². The van der Waals surface area contributed by atoms with E-state index in [1.54, 1.807) is 6.07 Å². The van der Waals surface area contributed by atoms with Gasteiger partial charge in [0.25, 0.3) is 0 Å². The topological polar surface area (TPSA) is 38.5 Å². The largest absolute Gasteiger partial charge is 0.489 e. The summed E-state index contributed by atoms with van der Waals surface area (Å²) in [6.07, 6.45) is 0. The van der Waals surface area contributed by atoms with Crippen molar-refractivity contribution in [3.05, 3.63) is 24.0 Å². The molecule has 14 heavy (non-hydrogen) atoms. The maximum Gasteiger partial charge on any atom is 0.145 e. The molecule has 1 aliphatic rings. The normalized spacial score (nSPS) is 20.2. The maximum absolute atomic E-state index is 12.9. The van der Waals surface area contributed by atoms with Crippen molar-refractivity contribution in [1.82, 2.24) is 0 Å². The highest BCUT2D eigenvalue weighted by molar-refractivity contribution is 5.60. The molecule has 0 radical (unpaired) electrons. The molecule has 76 valence electrons. The number of anilines is 1. The van der Waals surface area contributed by atoms with Gasteiger partial charge in [-0.1, -0.05) is 0 Å². The van der Waals surface area contributed by atoms with Gasteiger partial charge in [-0.3, -0.25) is 0 Å². The minimum absolute atomic E-state index is 0.174. The number of nitrogens with two attached hydrogens (primary N) is 1. The zero-order valence-corrected chi connectivity index (χ0v) is 8.03. The SMILES string of the molecule is CN1c2ccc(F)cc2OCC1CN. The van der Waals surface area contributed by atoms with Crippen LogP contribution < -0.4 is 15.4 Å². The first-order valence-electron chi connectivity index (χ1n) is 4.57. The summed E-state index contributed by atoms with van der Waals surface area (Å²) in [6.45, 7) is 1.05. The summed E-state index contributed by atoms with van der Waals surface area (Å²) < 4.78 is 18.3. The van der Waals surface area contributed by atoms with Crippen LogP contribution in [-0.4, -0.2) is 26.2 Å². The van der Waals surface area contributed by atoms with E-state index in [-0.39, 0.29) is 11.9 Å². The Kier molecular flexibility index (Phi) is 2.29. The quantitative estimate of drug-likeness (QED) is 0.727. The Balaban J connectivity index is 2.36. The minimum atomic E-state index is -0.275. The average molecular weight is 196 g/mol. The molecule has 3 nitrogen and oxygen atoms in total. The zero-order valence-electron chi connectivity index (χ0n) is 8.03. The van der Waals surface area contributed by atoms with Crippen molar-refractivity contribution in [3.63, 3.8) is 0 Å². The van der Waals surface area contributed by atoms with Crippen LogP contribution in [0.2, 0.25) is 0 Å². The molecule has 4 heteroatoms. The van der Waals surface area contributed by atoms with E-state index in [9.17, 15) is 4.39 Å². The molecule has 0 fully saturated rings. The third-order valence-electron chi connectivity index (χ3n) is 2.55. The van der Waals surface area contributed by atoms with Crippen LogP contribution in [0.15, 0.2) is 18.2 Å². The third-order valence-corrected chi connectivity index (χ3v) is 2.55. The summed E-state index contributed by atoms with van der Waals surface area (Å²) in [4.78, 5) is 2.03. The number of likely N-dealkylation sites (N-methyl/N-ethyl adjacent to an activating group) is 1. The monoisotopic (exact) mass is 196 g/mol. The molecular formula is C10H13FN2O. The average Bonchev–Trinajstić information content (AvgIpc) is 2.18. The number of halogens is 1. The van der Waals surface area contributed by atoms with Crippen LogP contribution in [-0.2, 0) is 0 Å².